The number of carbonyl (C=O) groups is 4. The van der Waals surface area contributed by atoms with Crippen LogP contribution in [0.2, 0.25) is 0 Å². The second kappa shape index (κ2) is 12.9. The van der Waals surface area contributed by atoms with E-state index in [0.717, 1.165) is 5.39 Å². The summed E-state index contributed by atoms with van der Waals surface area (Å²) in [5.41, 5.74) is 0.806. The molecule has 4 N–H and O–H groups in total. The largest absolute Gasteiger partial charge is 0.423 e. The number of halogens is 6. The van der Waals surface area contributed by atoms with Gasteiger partial charge in [-0.1, -0.05) is 32.0 Å². The van der Waals surface area contributed by atoms with E-state index in [2.05, 4.69) is 25.7 Å². The third-order valence-corrected chi connectivity index (χ3v) is 6.48. The van der Waals surface area contributed by atoms with Crippen molar-refractivity contribution in [2.24, 2.45) is 11.8 Å². The van der Waals surface area contributed by atoms with Gasteiger partial charge in [0.05, 0.1) is 6.04 Å². The molecule has 3 amide bonds. The predicted octanol–water partition coefficient (Wildman–Crippen LogP) is 3.40. The van der Waals surface area contributed by atoms with Crippen LogP contribution in [0.5, 0.6) is 0 Å². The van der Waals surface area contributed by atoms with Crippen LogP contribution < -0.4 is 16.0 Å². The van der Waals surface area contributed by atoms with Crippen molar-refractivity contribution in [3.63, 3.8) is 0 Å². The number of amides is 3. The summed E-state index contributed by atoms with van der Waals surface area (Å²) in [5, 5.41) is 8.12. The van der Waals surface area contributed by atoms with Crippen molar-refractivity contribution in [2.75, 3.05) is 13.2 Å². The molecule has 1 aromatic carbocycles. The van der Waals surface area contributed by atoms with Crippen molar-refractivity contribution in [2.45, 2.75) is 63.7 Å². The van der Waals surface area contributed by atoms with Gasteiger partial charge in [-0.2, -0.15) is 26.3 Å². The molecule has 0 aliphatic carbocycles. The fourth-order valence-corrected chi connectivity index (χ4v) is 4.47. The predicted molar refractivity (Wildman–Crippen MR) is 134 cm³/mol. The number of H-pyrrole nitrogens is 1. The normalized spacial score (nSPS) is 17.5. The molecule has 41 heavy (non-hydrogen) atoms. The van der Waals surface area contributed by atoms with Crippen LogP contribution in [0.15, 0.2) is 30.3 Å². The van der Waals surface area contributed by atoms with Crippen LogP contribution >= 0.6 is 0 Å². The van der Waals surface area contributed by atoms with Gasteiger partial charge in [0.1, 0.15) is 18.3 Å². The summed E-state index contributed by atoms with van der Waals surface area (Å²) in [6.07, 6.45) is -15.9. The molecule has 1 aromatic heterocycles. The molecule has 0 bridgehead atoms. The van der Waals surface area contributed by atoms with Crippen LogP contribution in [0.25, 0.3) is 10.9 Å². The Morgan fingerprint density at radius 3 is 2.24 bits per heavy atom. The molecule has 0 radical (unpaired) electrons. The molecule has 226 valence electrons. The van der Waals surface area contributed by atoms with Crippen molar-refractivity contribution in [3.8, 4) is 0 Å². The van der Waals surface area contributed by atoms with Crippen molar-refractivity contribution >= 4 is 34.4 Å². The number of Topliss-reactive ketones (excluding diaryl/α,β-unsaturated/α-hetero) is 1. The number of benzene rings is 1. The Bertz CT molecular complexity index is 1210. The number of para-hydroxylation sites is 1. The Kier molecular flexibility index (Phi) is 10.0. The van der Waals surface area contributed by atoms with Gasteiger partial charge in [-0.3, -0.25) is 19.2 Å². The first kappa shape index (κ1) is 31.9. The molecule has 1 saturated heterocycles. The van der Waals surface area contributed by atoms with E-state index in [1.54, 1.807) is 44.2 Å². The zero-order chi connectivity index (χ0) is 30.5. The van der Waals surface area contributed by atoms with E-state index in [-0.39, 0.29) is 37.4 Å². The maximum Gasteiger partial charge on any atom is 0.423 e. The van der Waals surface area contributed by atoms with E-state index >= 15 is 0 Å². The van der Waals surface area contributed by atoms with Gasteiger partial charge < -0.3 is 25.7 Å². The minimum absolute atomic E-state index is 0.0867. The molecule has 2 heterocycles. The van der Waals surface area contributed by atoms with E-state index in [9.17, 15) is 45.5 Å². The number of fused-ring (bicyclic) bond motifs is 1. The average Bonchev–Trinajstić information content (AvgIpc) is 3.47. The number of aromatic nitrogens is 1. The SMILES string of the molecule is CC(C)C[C@H](NC(=O)c1cc2ccccc2[nH]1)C(=O)N[C@@H](C[C@@H]1CCNC1=O)C(=O)COC(C(F)(F)F)C(F)(F)F. The van der Waals surface area contributed by atoms with Gasteiger partial charge in [-0.05, 0) is 37.3 Å². The third kappa shape index (κ3) is 8.68. The van der Waals surface area contributed by atoms with Crippen LogP contribution in [0.1, 0.15) is 43.6 Å². The number of aromatic amines is 1. The van der Waals surface area contributed by atoms with Crippen molar-refractivity contribution in [3.05, 3.63) is 36.0 Å². The van der Waals surface area contributed by atoms with Crippen LogP contribution in [0.4, 0.5) is 26.3 Å². The highest BCUT2D eigenvalue weighted by Crippen LogP contribution is 2.35. The van der Waals surface area contributed by atoms with Crippen molar-refractivity contribution in [1.82, 2.24) is 20.9 Å². The van der Waals surface area contributed by atoms with Gasteiger partial charge in [0.15, 0.2) is 5.78 Å². The molecule has 9 nitrogen and oxygen atoms in total. The third-order valence-electron chi connectivity index (χ3n) is 6.48. The lowest BCUT2D eigenvalue weighted by atomic mass is 9.95. The summed E-state index contributed by atoms with van der Waals surface area (Å²) < 4.78 is 81.3. The maximum atomic E-state index is 13.3. The van der Waals surface area contributed by atoms with Crippen LogP contribution in [0, 0.1) is 11.8 Å². The molecule has 1 aliphatic rings. The minimum atomic E-state index is -5.84. The molecule has 0 unspecified atom stereocenters. The highest BCUT2D eigenvalue weighted by Gasteiger charge is 2.58. The average molecular weight is 593 g/mol. The van der Waals surface area contributed by atoms with Gasteiger partial charge in [0.2, 0.25) is 17.9 Å². The number of ketones is 1. The number of rotatable bonds is 12. The van der Waals surface area contributed by atoms with Crippen molar-refractivity contribution in [1.29, 1.82) is 0 Å². The fourth-order valence-electron chi connectivity index (χ4n) is 4.47. The van der Waals surface area contributed by atoms with E-state index in [1.165, 1.54) is 0 Å². The van der Waals surface area contributed by atoms with Crippen molar-refractivity contribution < 1.29 is 50.3 Å². The summed E-state index contributed by atoms with van der Waals surface area (Å²) in [5.74, 6) is -4.29. The lowest BCUT2D eigenvalue weighted by Gasteiger charge is -2.26. The minimum Gasteiger partial charge on any atom is -0.356 e. The van der Waals surface area contributed by atoms with Gasteiger partial charge in [-0.15, -0.1) is 0 Å². The smallest absolute Gasteiger partial charge is 0.356 e. The zero-order valence-electron chi connectivity index (χ0n) is 22.1. The molecule has 0 saturated carbocycles. The molecule has 3 atom stereocenters. The van der Waals surface area contributed by atoms with E-state index < -0.39 is 66.6 Å². The van der Waals surface area contributed by atoms with Gasteiger partial charge >= 0.3 is 12.4 Å². The first-order chi connectivity index (χ1) is 19.1. The Morgan fingerprint density at radius 2 is 1.68 bits per heavy atom. The molecule has 2 aromatic rings. The topological polar surface area (TPSA) is 129 Å². The monoisotopic (exact) mass is 592 g/mol. The number of carbonyl (C=O) groups excluding carboxylic acids is 4. The fraction of sp³-hybridized carbons (Fsp3) is 0.538. The molecular formula is C26H30F6N4O5. The summed E-state index contributed by atoms with van der Waals surface area (Å²) in [6.45, 7) is 2.13. The molecule has 15 heteroatoms. The second-order valence-electron chi connectivity index (χ2n) is 10.2. The summed E-state index contributed by atoms with van der Waals surface area (Å²) >= 11 is 0. The Labute approximate surface area is 230 Å². The van der Waals surface area contributed by atoms with E-state index in [4.69, 9.17) is 0 Å². The second-order valence-corrected chi connectivity index (χ2v) is 10.2. The van der Waals surface area contributed by atoms with E-state index in [0.29, 0.717) is 5.52 Å². The highest BCUT2D eigenvalue weighted by molar-refractivity contribution is 6.00. The Morgan fingerprint density at radius 1 is 1.02 bits per heavy atom. The first-order valence-corrected chi connectivity index (χ1v) is 12.8. The first-order valence-electron chi connectivity index (χ1n) is 12.8. The highest BCUT2D eigenvalue weighted by atomic mass is 19.4. The number of alkyl halides is 6. The number of ether oxygens (including phenoxy) is 1. The molecule has 0 spiro atoms. The summed E-state index contributed by atoms with van der Waals surface area (Å²) in [7, 11) is 0. The van der Waals surface area contributed by atoms with E-state index in [1.807, 2.05) is 0 Å². The van der Waals surface area contributed by atoms with Crippen LogP contribution in [-0.2, 0) is 19.1 Å². The van der Waals surface area contributed by atoms with Crippen LogP contribution in [0.3, 0.4) is 0 Å². The maximum absolute atomic E-state index is 13.3. The molecule has 1 aliphatic heterocycles. The molecular weight excluding hydrogens is 562 g/mol. The Hall–Kier alpha value is -3.62. The lowest BCUT2D eigenvalue weighted by Crippen LogP contribution is -2.54. The number of hydrogen-bond donors (Lipinski definition) is 4. The molecule has 1 fully saturated rings. The van der Waals surface area contributed by atoms with Gasteiger partial charge in [0.25, 0.3) is 5.91 Å². The quantitative estimate of drug-likeness (QED) is 0.281. The lowest BCUT2D eigenvalue weighted by molar-refractivity contribution is -0.319. The number of nitrogens with one attached hydrogen (secondary N) is 4. The summed E-state index contributed by atoms with van der Waals surface area (Å²) in [4.78, 5) is 54.0. The van der Waals surface area contributed by atoms with Gasteiger partial charge in [0, 0.05) is 23.4 Å². The summed E-state index contributed by atoms with van der Waals surface area (Å²) in [6, 6.07) is 5.72. The zero-order valence-corrected chi connectivity index (χ0v) is 22.1. The standard InChI is InChI=1S/C26H30F6N4O5/c1-13(2)9-18(36-23(40)19-10-14-5-3-4-6-16(14)34-19)22(39)35-17(11-15-7-8-33-21(15)38)20(37)12-41-24(25(27,28)29)26(30,31)32/h3-6,10,13,15,17-18,24,34H,7-9,11-12H2,1-2H3,(H,33,38)(H,35,39)(H,36,40)/t15-,17-,18-/m0/s1. The Balaban J connectivity index is 1.78. The van der Waals surface area contributed by atoms with Gasteiger partial charge in [-0.25, -0.2) is 0 Å². The van der Waals surface area contributed by atoms with Crippen LogP contribution in [-0.4, -0.2) is 72.2 Å². The molecule has 3 rings (SSSR count). The number of hydrogen-bond acceptors (Lipinski definition) is 5.